The highest BCUT2D eigenvalue weighted by atomic mass is 19.3. The summed E-state index contributed by atoms with van der Waals surface area (Å²) in [5, 5.41) is 13.0. The van der Waals surface area contributed by atoms with Gasteiger partial charge in [0, 0.05) is 11.3 Å². The molecule has 4 nitrogen and oxygen atoms in total. The molecule has 0 radical (unpaired) electrons. The molecule has 0 amide bonds. The molecule has 106 valence electrons. The Morgan fingerprint density at radius 1 is 1.30 bits per heavy atom. The van der Waals surface area contributed by atoms with Gasteiger partial charge in [-0.1, -0.05) is 12.1 Å². The van der Waals surface area contributed by atoms with Crippen molar-refractivity contribution >= 4 is 5.97 Å². The van der Waals surface area contributed by atoms with Crippen molar-refractivity contribution in [3.8, 4) is 11.1 Å². The smallest absolute Gasteiger partial charge is 0.335 e. The lowest BCUT2D eigenvalue weighted by Gasteiger charge is -2.05. The molecule has 0 atom stereocenters. The number of aryl methyl sites for hydroxylation is 1. The van der Waals surface area contributed by atoms with Gasteiger partial charge in [-0.2, -0.15) is 5.10 Å². The molecule has 0 aliphatic heterocycles. The van der Waals surface area contributed by atoms with Gasteiger partial charge in [0.15, 0.2) is 0 Å². The minimum atomic E-state index is -2.46. The van der Waals surface area contributed by atoms with Crippen molar-refractivity contribution in [3.05, 3.63) is 41.2 Å². The molecule has 0 fully saturated rings. The second-order valence-electron chi connectivity index (χ2n) is 4.50. The average molecular weight is 280 g/mol. The van der Waals surface area contributed by atoms with Crippen molar-refractivity contribution in [3.63, 3.8) is 0 Å². The predicted molar refractivity (Wildman–Crippen MR) is 70.1 cm³/mol. The van der Waals surface area contributed by atoms with E-state index < -0.39 is 18.9 Å². The highest BCUT2D eigenvalue weighted by Gasteiger charge is 2.16. The molecule has 0 saturated carbocycles. The average Bonchev–Trinajstić information content (AvgIpc) is 2.64. The summed E-state index contributed by atoms with van der Waals surface area (Å²) < 4.78 is 26.2. The molecule has 0 aliphatic rings. The fraction of sp³-hybridized carbons (Fsp3) is 0.286. The summed E-state index contributed by atoms with van der Waals surface area (Å²) in [6, 6.07) is 6.29. The molecule has 0 aliphatic carbocycles. The number of hydrogen-bond donors (Lipinski definition) is 1. The van der Waals surface area contributed by atoms with Crippen LogP contribution in [0.1, 0.15) is 21.7 Å². The Bertz CT molecular complexity index is 633. The van der Waals surface area contributed by atoms with Crippen molar-refractivity contribution in [2.75, 3.05) is 0 Å². The Hall–Kier alpha value is -2.24. The number of benzene rings is 1. The van der Waals surface area contributed by atoms with Gasteiger partial charge in [-0.15, -0.1) is 0 Å². The quantitative estimate of drug-likeness (QED) is 0.936. The van der Waals surface area contributed by atoms with Crippen LogP contribution in [0.4, 0.5) is 8.78 Å². The van der Waals surface area contributed by atoms with Crippen LogP contribution in [0.25, 0.3) is 11.1 Å². The van der Waals surface area contributed by atoms with Crippen LogP contribution < -0.4 is 0 Å². The van der Waals surface area contributed by atoms with Crippen LogP contribution in [0.15, 0.2) is 24.3 Å². The van der Waals surface area contributed by atoms with Crippen LogP contribution in [-0.4, -0.2) is 27.3 Å². The molecule has 0 spiro atoms. The molecular formula is C14H14F2N2O2. The number of carboxylic acid groups (broad SMARTS) is 1. The van der Waals surface area contributed by atoms with E-state index in [1.165, 1.54) is 16.8 Å². The van der Waals surface area contributed by atoms with E-state index in [-0.39, 0.29) is 5.56 Å². The fourth-order valence-corrected chi connectivity index (χ4v) is 2.20. The topological polar surface area (TPSA) is 55.1 Å². The minimum Gasteiger partial charge on any atom is -0.478 e. The third-order valence-corrected chi connectivity index (χ3v) is 3.11. The van der Waals surface area contributed by atoms with Crippen LogP contribution in [0.3, 0.4) is 0 Å². The van der Waals surface area contributed by atoms with Crippen LogP contribution in [0.5, 0.6) is 0 Å². The molecule has 20 heavy (non-hydrogen) atoms. The lowest BCUT2D eigenvalue weighted by molar-refractivity contribution is 0.0697. The third-order valence-electron chi connectivity index (χ3n) is 3.11. The molecule has 1 aromatic heterocycles. The largest absolute Gasteiger partial charge is 0.478 e. The molecular weight excluding hydrogens is 266 g/mol. The summed E-state index contributed by atoms with van der Waals surface area (Å²) in [7, 11) is 0. The van der Waals surface area contributed by atoms with Gasteiger partial charge in [0.1, 0.15) is 6.54 Å². The first-order valence-electron chi connectivity index (χ1n) is 6.06. The van der Waals surface area contributed by atoms with E-state index in [0.29, 0.717) is 11.4 Å². The zero-order valence-corrected chi connectivity index (χ0v) is 11.1. The fourth-order valence-electron chi connectivity index (χ4n) is 2.20. The number of halogens is 2. The number of hydrogen-bond acceptors (Lipinski definition) is 2. The molecule has 0 saturated heterocycles. The summed E-state index contributed by atoms with van der Waals surface area (Å²) in [4.78, 5) is 10.8. The second kappa shape index (κ2) is 5.40. The lowest BCUT2D eigenvalue weighted by Crippen LogP contribution is -2.09. The van der Waals surface area contributed by atoms with E-state index >= 15 is 0 Å². The number of aromatic carboxylic acids is 1. The zero-order chi connectivity index (χ0) is 14.9. The minimum absolute atomic E-state index is 0.184. The first-order valence-corrected chi connectivity index (χ1v) is 6.06. The Morgan fingerprint density at radius 2 is 1.90 bits per heavy atom. The van der Waals surface area contributed by atoms with Gasteiger partial charge in [0.25, 0.3) is 6.43 Å². The van der Waals surface area contributed by atoms with Gasteiger partial charge in [-0.3, -0.25) is 4.68 Å². The SMILES string of the molecule is Cc1nn(CC(F)F)c(C)c1-c1ccc(C(=O)O)cc1. The number of carboxylic acids is 1. The van der Waals surface area contributed by atoms with Gasteiger partial charge >= 0.3 is 5.97 Å². The maximum Gasteiger partial charge on any atom is 0.335 e. The zero-order valence-electron chi connectivity index (χ0n) is 11.1. The monoisotopic (exact) mass is 280 g/mol. The highest BCUT2D eigenvalue weighted by molar-refractivity contribution is 5.88. The Labute approximate surface area is 114 Å². The van der Waals surface area contributed by atoms with E-state index in [9.17, 15) is 13.6 Å². The second-order valence-corrected chi connectivity index (χ2v) is 4.50. The van der Waals surface area contributed by atoms with E-state index in [4.69, 9.17) is 5.11 Å². The summed E-state index contributed by atoms with van der Waals surface area (Å²) in [6.45, 7) is 3.03. The number of nitrogens with zero attached hydrogens (tertiary/aromatic N) is 2. The van der Waals surface area contributed by atoms with Gasteiger partial charge < -0.3 is 5.11 Å². The summed E-state index contributed by atoms with van der Waals surface area (Å²) in [5.74, 6) is -1.00. The van der Waals surface area contributed by atoms with Crippen LogP contribution in [0.2, 0.25) is 0 Å². The van der Waals surface area contributed by atoms with Gasteiger partial charge in [0.2, 0.25) is 0 Å². The van der Waals surface area contributed by atoms with Crippen molar-refractivity contribution in [1.82, 2.24) is 9.78 Å². The van der Waals surface area contributed by atoms with Gasteiger partial charge in [-0.25, -0.2) is 13.6 Å². The van der Waals surface area contributed by atoms with Gasteiger partial charge in [-0.05, 0) is 31.5 Å². The number of alkyl halides is 2. The van der Waals surface area contributed by atoms with E-state index in [1.807, 2.05) is 0 Å². The maximum absolute atomic E-state index is 12.5. The normalized spacial score (nSPS) is 11.1. The van der Waals surface area contributed by atoms with Crippen LogP contribution in [-0.2, 0) is 6.54 Å². The van der Waals surface area contributed by atoms with E-state index in [2.05, 4.69) is 5.10 Å². The molecule has 0 unspecified atom stereocenters. The Morgan fingerprint density at radius 3 is 2.40 bits per heavy atom. The standard InChI is InChI=1S/C14H14F2N2O2/c1-8-13(9(2)18(17-8)7-12(15)16)10-3-5-11(6-4-10)14(19)20/h3-6,12H,7H2,1-2H3,(H,19,20). The molecule has 1 N–H and O–H groups in total. The van der Waals surface area contributed by atoms with Crippen molar-refractivity contribution in [1.29, 1.82) is 0 Å². The summed E-state index contributed by atoms with van der Waals surface area (Å²) in [6.07, 6.45) is -2.46. The number of aromatic nitrogens is 2. The first-order chi connectivity index (χ1) is 9.40. The predicted octanol–water partition coefficient (Wildman–Crippen LogP) is 3.13. The Kier molecular flexibility index (Phi) is 3.83. The van der Waals surface area contributed by atoms with E-state index in [0.717, 1.165) is 11.1 Å². The molecule has 2 aromatic rings. The molecule has 1 aromatic carbocycles. The van der Waals surface area contributed by atoms with Gasteiger partial charge in [0.05, 0.1) is 11.3 Å². The Balaban J connectivity index is 2.42. The third kappa shape index (κ3) is 2.68. The molecule has 0 bridgehead atoms. The summed E-state index contributed by atoms with van der Waals surface area (Å²) >= 11 is 0. The van der Waals surface area contributed by atoms with Crippen LogP contribution >= 0.6 is 0 Å². The van der Waals surface area contributed by atoms with Crippen molar-refractivity contribution in [2.24, 2.45) is 0 Å². The molecule has 6 heteroatoms. The van der Waals surface area contributed by atoms with Crippen molar-refractivity contribution in [2.45, 2.75) is 26.8 Å². The maximum atomic E-state index is 12.5. The number of carbonyl (C=O) groups is 1. The van der Waals surface area contributed by atoms with E-state index in [1.54, 1.807) is 26.0 Å². The lowest BCUT2D eigenvalue weighted by atomic mass is 10.0. The molecule has 2 rings (SSSR count). The van der Waals surface area contributed by atoms with Crippen LogP contribution in [0, 0.1) is 13.8 Å². The first kappa shape index (κ1) is 14.2. The highest BCUT2D eigenvalue weighted by Crippen LogP contribution is 2.27. The van der Waals surface area contributed by atoms with Crippen molar-refractivity contribution < 1.29 is 18.7 Å². The summed E-state index contributed by atoms with van der Waals surface area (Å²) in [5.41, 5.74) is 3.01. The molecule has 1 heterocycles. The number of rotatable bonds is 4.